The number of ether oxygens (including phenoxy) is 2. The Morgan fingerprint density at radius 2 is 1.94 bits per heavy atom. The van der Waals surface area contributed by atoms with Crippen molar-refractivity contribution in [3.05, 3.63) is 59.7 Å². The maximum absolute atomic E-state index is 12.7. The Kier molecular flexibility index (Phi) is 6.21. The number of nitrogens with one attached hydrogen (secondary N) is 1. The van der Waals surface area contributed by atoms with Gasteiger partial charge in [0.2, 0.25) is 5.91 Å². The number of carbonyl (C=O) groups excluding carboxylic acids is 3. The van der Waals surface area contributed by atoms with Crippen LogP contribution >= 0.6 is 0 Å². The molecule has 1 N–H and O–H groups in total. The first kappa shape index (κ1) is 20.9. The van der Waals surface area contributed by atoms with E-state index in [0.29, 0.717) is 11.4 Å². The van der Waals surface area contributed by atoms with Gasteiger partial charge < -0.3 is 14.8 Å². The van der Waals surface area contributed by atoms with Crippen LogP contribution in [0.1, 0.15) is 43.4 Å². The predicted octanol–water partition coefficient (Wildman–Crippen LogP) is 2.93. The highest BCUT2D eigenvalue weighted by Crippen LogP contribution is 2.31. The lowest BCUT2D eigenvalue weighted by Crippen LogP contribution is -2.42. The molecule has 2 amide bonds. The number of para-hydroxylation sites is 2. The van der Waals surface area contributed by atoms with E-state index in [1.807, 2.05) is 18.2 Å². The Morgan fingerprint density at radius 1 is 1.16 bits per heavy atom. The fourth-order valence-electron chi connectivity index (χ4n) is 4.10. The van der Waals surface area contributed by atoms with Crippen molar-refractivity contribution >= 4 is 23.5 Å². The van der Waals surface area contributed by atoms with E-state index in [9.17, 15) is 14.4 Å². The Bertz CT molecular complexity index is 989. The molecule has 162 valence electrons. The van der Waals surface area contributed by atoms with Crippen molar-refractivity contribution in [1.82, 2.24) is 5.32 Å². The van der Waals surface area contributed by atoms with Gasteiger partial charge in [0.25, 0.3) is 5.91 Å². The minimum atomic E-state index is -0.963. The third-order valence-corrected chi connectivity index (χ3v) is 5.68. The lowest BCUT2D eigenvalue weighted by atomic mass is 9.87. The molecule has 0 fully saturated rings. The van der Waals surface area contributed by atoms with Gasteiger partial charge in [0, 0.05) is 0 Å². The number of anilines is 1. The predicted molar refractivity (Wildman–Crippen MR) is 115 cm³/mol. The van der Waals surface area contributed by atoms with Crippen LogP contribution < -0.4 is 15.0 Å². The van der Waals surface area contributed by atoms with Crippen LogP contribution in [0, 0.1) is 0 Å². The van der Waals surface area contributed by atoms with E-state index < -0.39 is 12.1 Å². The van der Waals surface area contributed by atoms with Crippen molar-refractivity contribution in [2.24, 2.45) is 0 Å². The number of rotatable bonds is 5. The number of amides is 2. The zero-order valence-electron chi connectivity index (χ0n) is 17.5. The van der Waals surface area contributed by atoms with Gasteiger partial charge in [-0.3, -0.25) is 19.3 Å². The van der Waals surface area contributed by atoms with Crippen LogP contribution in [-0.4, -0.2) is 37.0 Å². The molecule has 0 unspecified atom stereocenters. The molecular formula is C24H26N2O5. The highest BCUT2D eigenvalue weighted by Gasteiger charge is 2.29. The molecule has 7 nitrogen and oxygen atoms in total. The molecule has 2 aromatic carbocycles. The Hall–Kier alpha value is -3.35. The van der Waals surface area contributed by atoms with Crippen molar-refractivity contribution < 1.29 is 23.9 Å². The maximum atomic E-state index is 12.7. The van der Waals surface area contributed by atoms with Gasteiger partial charge in [-0.1, -0.05) is 36.4 Å². The van der Waals surface area contributed by atoms with E-state index in [0.717, 1.165) is 24.8 Å². The van der Waals surface area contributed by atoms with Crippen LogP contribution in [0.3, 0.4) is 0 Å². The third kappa shape index (κ3) is 4.71. The monoisotopic (exact) mass is 422 g/mol. The highest BCUT2D eigenvalue weighted by molar-refractivity contribution is 5.99. The second-order valence-electron chi connectivity index (χ2n) is 7.83. The van der Waals surface area contributed by atoms with Gasteiger partial charge in [-0.15, -0.1) is 0 Å². The van der Waals surface area contributed by atoms with Crippen molar-refractivity contribution in [2.45, 2.75) is 44.8 Å². The zero-order chi connectivity index (χ0) is 21.8. The van der Waals surface area contributed by atoms with Crippen LogP contribution in [0.4, 0.5) is 5.69 Å². The average molecular weight is 422 g/mol. The lowest BCUT2D eigenvalue weighted by Gasteiger charge is -2.27. The van der Waals surface area contributed by atoms with Gasteiger partial charge in [-0.05, 0) is 49.4 Å². The number of carbonyl (C=O) groups is 3. The first-order valence-corrected chi connectivity index (χ1v) is 10.6. The maximum Gasteiger partial charge on any atom is 0.326 e. The first-order valence-electron chi connectivity index (χ1n) is 10.6. The molecule has 0 radical (unpaired) electrons. The number of hydrogen-bond donors (Lipinski definition) is 1. The van der Waals surface area contributed by atoms with E-state index in [2.05, 4.69) is 11.4 Å². The molecule has 0 spiro atoms. The summed E-state index contributed by atoms with van der Waals surface area (Å²) in [5.74, 6) is -0.668. The van der Waals surface area contributed by atoms with E-state index >= 15 is 0 Å². The standard InChI is InChI=1S/C24H26N2O5/c1-16(24(29)25-19-10-6-8-17-7-2-3-9-18(17)19)31-23(28)15-26-20-11-4-5-12-21(20)30-14-13-22(26)27/h2-5,7,9,11-12,16,19H,6,8,10,13-15H2,1H3,(H,25,29)/t16-,19-/m0/s1. The van der Waals surface area contributed by atoms with Crippen LogP contribution in [0.25, 0.3) is 0 Å². The summed E-state index contributed by atoms with van der Waals surface area (Å²) in [5, 5.41) is 3.00. The molecule has 1 aliphatic carbocycles. The molecule has 2 aliphatic rings. The quantitative estimate of drug-likeness (QED) is 0.749. The van der Waals surface area contributed by atoms with E-state index in [1.165, 1.54) is 10.5 Å². The Labute approximate surface area is 181 Å². The van der Waals surface area contributed by atoms with Crippen molar-refractivity contribution in [3.63, 3.8) is 0 Å². The molecule has 0 bridgehead atoms. The summed E-state index contributed by atoms with van der Waals surface area (Å²) in [4.78, 5) is 39.0. The minimum Gasteiger partial charge on any atom is -0.491 e. The molecule has 1 heterocycles. The SMILES string of the molecule is C[C@H](OC(=O)CN1C(=O)CCOc2ccccc21)C(=O)N[C@H]1CCCc2ccccc21. The number of esters is 1. The summed E-state index contributed by atoms with van der Waals surface area (Å²) in [6.07, 6.45) is 2.05. The number of nitrogens with zero attached hydrogens (tertiary/aromatic N) is 1. The average Bonchev–Trinajstić information content (AvgIpc) is 2.93. The highest BCUT2D eigenvalue weighted by atomic mass is 16.5. The first-order chi connectivity index (χ1) is 15.0. The van der Waals surface area contributed by atoms with Gasteiger partial charge in [0.15, 0.2) is 6.10 Å². The molecule has 0 saturated heterocycles. The zero-order valence-corrected chi connectivity index (χ0v) is 17.5. The summed E-state index contributed by atoms with van der Waals surface area (Å²) in [6.45, 7) is 1.52. The summed E-state index contributed by atoms with van der Waals surface area (Å²) in [7, 11) is 0. The molecule has 4 rings (SSSR count). The molecule has 7 heteroatoms. The summed E-state index contributed by atoms with van der Waals surface area (Å²) < 4.78 is 10.9. The second-order valence-corrected chi connectivity index (χ2v) is 7.83. The van der Waals surface area contributed by atoms with Gasteiger partial charge in [0.05, 0.1) is 24.8 Å². The van der Waals surface area contributed by atoms with Crippen molar-refractivity contribution in [1.29, 1.82) is 0 Å². The largest absolute Gasteiger partial charge is 0.491 e. The number of hydrogen-bond acceptors (Lipinski definition) is 5. The second kappa shape index (κ2) is 9.20. The number of fused-ring (bicyclic) bond motifs is 2. The number of benzene rings is 2. The van der Waals surface area contributed by atoms with E-state index in [4.69, 9.17) is 9.47 Å². The summed E-state index contributed by atoms with van der Waals surface area (Å²) in [6, 6.07) is 15.0. The Morgan fingerprint density at radius 3 is 2.81 bits per heavy atom. The normalized spacial score (nSPS) is 18.7. The number of aryl methyl sites for hydroxylation is 1. The molecular weight excluding hydrogens is 396 g/mol. The molecule has 31 heavy (non-hydrogen) atoms. The fourth-order valence-corrected chi connectivity index (χ4v) is 4.10. The van der Waals surface area contributed by atoms with Crippen LogP contribution in [0.5, 0.6) is 5.75 Å². The van der Waals surface area contributed by atoms with Gasteiger partial charge in [0.1, 0.15) is 12.3 Å². The third-order valence-electron chi connectivity index (χ3n) is 5.68. The molecule has 1 aliphatic heterocycles. The summed E-state index contributed by atoms with van der Waals surface area (Å²) in [5.41, 5.74) is 2.88. The van der Waals surface area contributed by atoms with Crippen LogP contribution in [0.2, 0.25) is 0 Å². The Balaban J connectivity index is 1.38. The smallest absolute Gasteiger partial charge is 0.326 e. The van der Waals surface area contributed by atoms with Gasteiger partial charge >= 0.3 is 5.97 Å². The van der Waals surface area contributed by atoms with Crippen LogP contribution in [-0.2, 0) is 25.5 Å². The van der Waals surface area contributed by atoms with Gasteiger partial charge in [-0.25, -0.2) is 0 Å². The minimum absolute atomic E-state index is 0.0881. The van der Waals surface area contributed by atoms with Gasteiger partial charge in [-0.2, -0.15) is 0 Å². The molecule has 2 aromatic rings. The lowest BCUT2D eigenvalue weighted by molar-refractivity contribution is -0.154. The topological polar surface area (TPSA) is 84.9 Å². The fraction of sp³-hybridized carbons (Fsp3) is 0.375. The molecule has 2 atom stereocenters. The molecule has 0 saturated carbocycles. The molecule has 0 aromatic heterocycles. The van der Waals surface area contributed by atoms with E-state index in [1.54, 1.807) is 31.2 Å². The van der Waals surface area contributed by atoms with Crippen molar-refractivity contribution in [3.8, 4) is 5.75 Å². The summed E-state index contributed by atoms with van der Waals surface area (Å²) >= 11 is 0. The van der Waals surface area contributed by atoms with E-state index in [-0.39, 0.29) is 37.4 Å². The van der Waals surface area contributed by atoms with Crippen molar-refractivity contribution in [2.75, 3.05) is 18.1 Å². The van der Waals surface area contributed by atoms with Crippen LogP contribution in [0.15, 0.2) is 48.5 Å².